The van der Waals surface area contributed by atoms with E-state index in [-0.39, 0.29) is 43.4 Å². The highest BCUT2D eigenvalue weighted by Crippen LogP contribution is 2.34. The fraction of sp³-hybridized carbons (Fsp3) is 0.609. The fourth-order valence-corrected chi connectivity index (χ4v) is 7.21. The Kier molecular flexibility index (Phi) is 5.89. The number of likely N-dealkylation sites (tertiary alicyclic amines) is 1. The average Bonchev–Trinajstić information content (AvgIpc) is 3.26. The van der Waals surface area contributed by atoms with E-state index in [4.69, 9.17) is 5.26 Å². The monoisotopic (exact) mass is 471 g/mol. The summed E-state index contributed by atoms with van der Waals surface area (Å²) in [5.41, 5.74) is 2.38. The first-order valence-electron chi connectivity index (χ1n) is 11.7. The van der Waals surface area contributed by atoms with Gasteiger partial charge in [-0.15, -0.1) is 0 Å². The lowest BCUT2D eigenvalue weighted by molar-refractivity contribution is -0.142. The van der Waals surface area contributed by atoms with E-state index in [1.54, 1.807) is 4.90 Å². The molecule has 4 aliphatic rings. The van der Waals surface area contributed by atoms with Gasteiger partial charge in [0.1, 0.15) is 6.04 Å². The molecule has 33 heavy (non-hydrogen) atoms. The summed E-state index contributed by atoms with van der Waals surface area (Å²) in [6, 6.07) is 9.63. The molecule has 1 aliphatic carbocycles. The molecule has 0 bridgehead atoms. The molecule has 176 valence electrons. The quantitative estimate of drug-likeness (QED) is 0.683. The van der Waals surface area contributed by atoms with Crippen LogP contribution in [0.5, 0.6) is 0 Å². The lowest BCUT2D eigenvalue weighted by Gasteiger charge is -2.41. The van der Waals surface area contributed by atoms with E-state index in [1.807, 2.05) is 18.2 Å². The molecule has 0 aromatic heterocycles. The molecule has 2 amide bonds. The number of nitrogens with one attached hydrogen (secondary N) is 1. The normalized spacial score (nSPS) is 28.3. The van der Waals surface area contributed by atoms with Gasteiger partial charge in [-0.1, -0.05) is 24.3 Å². The zero-order valence-corrected chi connectivity index (χ0v) is 19.3. The van der Waals surface area contributed by atoms with Crippen molar-refractivity contribution < 1.29 is 18.0 Å². The zero-order chi connectivity index (χ0) is 23.2. The van der Waals surface area contributed by atoms with Crippen LogP contribution in [0.2, 0.25) is 0 Å². The second-order valence-corrected chi connectivity index (χ2v) is 11.4. The number of fused-ring (bicyclic) bond motifs is 1. The molecule has 3 atom stereocenters. The maximum absolute atomic E-state index is 13.4. The topological polar surface area (TPSA) is 114 Å². The molecule has 1 N–H and O–H groups in total. The van der Waals surface area contributed by atoms with E-state index >= 15 is 0 Å². The van der Waals surface area contributed by atoms with Gasteiger partial charge in [0.05, 0.1) is 23.9 Å². The molecular formula is C23H29N5O4S. The Hall–Kier alpha value is -2.48. The Morgan fingerprint density at radius 1 is 1.03 bits per heavy atom. The summed E-state index contributed by atoms with van der Waals surface area (Å²) in [5, 5.41) is 12.0. The Morgan fingerprint density at radius 3 is 2.55 bits per heavy atom. The van der Waals surface area contributed by atoms with E-state index in [0.717, 1.165) is 18.4 Å². The highest BCUT2D eigenvalue weighted by atomic mass is 32.2. The number of hydrogen-bond donors (Lipinski definition) is 1. The Labute approximate surface area is 194 Å². The molecular weight excluding hydrogens is 442 g/mol. The largest absolute Gasteiger partial charge is 0.347 e. The highest BCUT2D eigenvalue weighted by Gasteiger charge is 2.44. The first kappa shape index (κ1) is 22.3. The number of carbonyl (C=O) groups excluding carboxylic acids is 2. The van der Waals surface area contributed by atoms with Gasteiger partial charge in [0, 0.05) is 32.7 Å². The summed E-state index contributed by atoms with van der Waals surface area (Å²) < 4.78 is 28.5. The predicted molar refractivity (Wildman–Crippen MR) is 120 cm³/mol. The lowest BCUT2D eigenvalue weighted by atomic mass is 9.83. The van der Waals surface area contributed by atoms with E-state index in [2.05, 4.69) is 17.5 Å². The van der Waals surface area contributed by atoms with E-state index in [1.165, 1.54) is 14.2 Å². The molecule has 10 heteroatoms. The van der Waals surface area contributed by atoms with Crippen LogP contribution in [0, 0.1) is 23.2 Å². The summed E-state index contributed by atoms with van der Waals surface area (Å²) in [4.78, 5) is 28.1. The first-order chi connectivity index (χ1) is 15.9. The maximum atomic E-state index is 13.4. The van der Waals surface area contributed by atoms with Crippen molar-refractivity contribution in [2.24, 2.45) is 11.8 Å². The molecule has 5 rings (SSSR count). The molecule has 9 nitrogen and oxygen atoms in total. The molecule has 3 aliphatic heterocycles. The van der Waals surface area contributed by atoms with Crippen molar-refractivity contribution in [3.05, 3.63) is 35.4 Å². The number of carbonyl (C=O) groups is 2. The summed E-state index contributed by atoms with van der Waals surface area (Å²) in [6.07, 6.45) is 3.43. The molecule has 0 unspecified atom stereocenters. The van der Waals surface area contributed by atoms with Crippen molar-refractivity contribution in [3.8, 4) is 6.07 Å². The van der Waals surface area contributed by atoms with Crippen molar-refractivity contribution in [2.75, 3.05) is 32.7 Å². The number of benzene rings is 1. The first-order valence-corrected chi connectivity index (χ1v) is 13.1. The van der Waals surface area contributed by atoms with E-state index in [9.17, 15) is 18.0 Å². The Morgan fingerprint density at radius 2 is 1.79 bits per heavy atom. The zero-order valence-electron chi connectivity index (χ0n) is 18.5. The van der Waals surface area contributed by atoms with Crippen LogP contribution in [0.15, 0.2) is 24.3 Å². The molecule has 0 spiro atoms. The summed E-state index contributed by atoms with van der Waals surface area (Å²) >= 11 is 0. The van der Waals surface area contributed by atoms with Gasteiger partial charge in [-0.05, 0) is 43.2 Å². The van der Waals surface area contributed by atoms with E-state index < -0.39 is 22.2 Å². The third-order valence-corrected chi connectivity index (χ3v) is 9.36. The number of rotatable bonds is 5. The van der Waals surface area contributed by atoms with Gasteiger partial charge in [0.2, 0.25) is 11.8 Å². The van der Waals surface area contributed by atoms with Crippen molar-refractivity contribution >= 4 is 22.0 Å². The van der Waals surface area contributed by atoms with Crippen LogP contribution in [0.1, 0.15) is 42.9 Å². The third kappa shape index (κ3) is 4.03. The molecule has 0 saturated carbocycles. The minimum absolute atomic E-state index is 0.00432. The van der Waals surface area contributed by atoms with Gasteiger partial charge in [-0.25, -0.2) is 0 Å². The predicted octanol–water partition coefficient (Wildman–Crippen LogP) is 0.803. The van der Waals surface area contributed by atoms with Crippen LogP contribution < -0.4 is 5.32 Å². The molecule has 1 aromatic carbocycles. The number of nitrogens with zero attached hydrogens (tertiary/aromatic N) is 4. The van der Waals surface area contributed by atoms with Crippen molar-refractivity contribution in [1.82, 2.24) is 18.8 Å². The van der Waals surface area contributed by atoms with Gasteiger partial charge >= 0.3 is 0 Å². The molecule has 0 radical (unpaired) electrons. The van der Waals surface area contributed by atoms with Crippen LogP contribution in [0.4, 0.5) is 0 Å². The molecule has 3 heterocycles. The van der Waals surface area contributed by atoms with Crippen molar-refractivity contribution in [2.45, 2.75) is 44.2 Å². The summed E-state index contributed by atoms with van der Waals surface area (Å²) in [5.74, 6) is -0.947. The van der Waals surface area contributed by atoms with Gasteiger partial charge in [-0.2, -0.15) is 22.3 Å². The van der Waals surface area contributed by atoms with Gasteiger partial charge in [-0.3, -0.25) is 9.59 Å². The van der Waals surface area contributed by atoms with Crippen molar-refractivity contribution in [1.29, 1.82) is 5.26 Å². The summed E-state index contributed by atoms with van der Waals surface area (Å²) in [6.45, 7) is 1.47. The Bertz CT molecular complexity index is 1090. The minimum atomic E-state index is -3.66. The molecule has 1 aromatic rings. The van der Waals surface area contributed by atoms with Crippen LogP contribution in [-0.2, 0) is 26.2 Å². The van der Waals surface area contributed by atoms with Crippen LogP contribution >= 0.6 is 0 Å². The smallest absolute Gasteiger partial charge is 0.282 e. The number of amides is 2. The van der Waals surface area contributed by atoms with Crippen LogP contribution in [-0.4, -0.2) is 72.5 Å². The second-order valence-electron chi connectivity index (χ2n) is 9.50. The Balaban J connectivity index is 1.21. The summed E-state index contributed by atoms with van der Waals surface area (Å²) in [7, 11) is -3.66. The SMILES string of the molecule is N#CC1CN(S(=O)(=O)N2CCC[C@H](C(=O)N3CCC[C@@H]3C(=O)N[C@H]3Cc4ccccc43)C2)C1. The van der Waals surface area contributed by atoms with Crippen LogP contribution in [0.25, 0.3) is 0 Å². The van der Waals surface area contributed by atoms with Gasteiger partial charge in [0.25, 0.3) is 10.2 Å². The maximum Gasteiger partial charge on any atom is 0.282 e. The number of piperidine rings is 1. The lowest BCUT2D eigenvalue weighted by Crippen LogP contribution is -2.57. The number of hydrogen-bond acceptors (Lipinski definition) is 5. The van der Waals surface area contributed by atoms with Gasteiger partial charge < -0.3 is 10.2 Å². The van der Waals surface area contributed by atoms with Crippen LogP contribution in [0.3, 0.4) is 0 Å². The minimum Gasteiger partial charge on any atom is -0.347 e. The highest BCUT2D eigenvalue weighted by molar-refractivity contribution is 7.86. The van der Waals surface area contributed by atoms with Gasteiger partial charge in [0.15, 0.2) is 0 Å². The second kappa shape index (κ2) is 8.70. The fourth-order valence-electron chi connectivity index (χ4n) is 5.42. The number of nitriles is 1. The third-order valence-electron chi connectivity index (χ3n) is 7.43. The standard InChI is InChI=1S/C23H29N5O4S/c24-12-16-13-27(14-16)33(31,32)26-9-3-6-18(15-26)23(30)28-10-4-8-21(28)22(29)25-20-11-17-5-1-2-7-19(17)20/h1-2,5,7,16,18,20-21H,3-4,6,8-11,13-15H2,(H,25,29)/t18-,20-,21+/m0/s1. The van der Waals surface area contributed by atoms with Crippen molar-refractivity contribution in [3.63, 3.8) is 0 Å². The van der Waals surface area contributed by atoms with E-state index in [0.29, 0.717) is 32.4 Å². The average molecular weight is 472 g/mol. The molecule has 3 saturated heterocycles. The molecule has 3 fully saturated rings.